The first-order chi connectivity index (χ1) is 9.22. The highest BCUT2D eigenvalue weighted by atomic mass is 79.9. The average molecular weight is 314 g/mol. The van der Waals surface area contributed by atoms with Gasteiger partial charge in [0.2, 0.25) is 0 Å². The molecule has 94 valence electrons. The SMILES string of the molecule is O=c1[nH]c2ccc(Br)cc2cc1Cc1ccccc1. The van der Waals surface area contributed by atoms with Crippen LogP contribution in [0.15, 0.2) is 63.9 Å². The molecule has 0 bridgehead atoms. The fourth-order valence-electron chi connectivity index (χ4n) is 2.17. The molecule has 0 amide bonds. The van der Waals surface area contributed by atoms with E-state index in [0.29, 0.717) is 6.42 Å². The lowest BCUT2D eigenvalue weighted by Crippen LogP contribution is -2.12. The van der Waals surface area contributed by atoms with Gasteiger partial charge in [0.1, 0.15) is 0 Å². The van der Waals surface area contributed by atoms with E-state index in [2.05, 4.69) is 20.9 Å². The van der Waals surface area contributed by atoms with E-state index in [9.17, 15) is 4.79 Å². The van der Waals surface area contributed by atoms with Gasteiger partial charge in [-0.3, -0.25) is 4.79 Å². The number of hydrogen-bond acceptors (Lipinski definition) is 1. The number of benzene rings is 2. The first-order valence-electron chi connectivity index (χ1n) is 6.08. The molecule has 1 N–H and O–H groups in total. The predicted molar refractivity (Wildman–Crippen MR) is 81.5 cm³/mol. The highest BCUT2D eigenvalue weighted by molar-refractivity contribution is 9.10. The lowest BCUT2D eigenvalue weighted by molar-refractivity contribution is 1.12. The van der Waals surface area contributed by atoms with Gasteiger partial charge in [0, 0.05) is 22.0 Å². The van der Waals surface area contributed by atoms with Crippen LogP contribution in [-0.4, -0.2) is 4.98 Å². The van der Waals surface area contributed by atoms with E-state index in [0.717, 1.165) is 26.5 Å². The van der Waals surface area contributed by atoms with Crippen molar-refractivity contribution in [3.8, 4) is 0 Å². The third-order valence-electron chi connectivity index (χ3n) is 3.12. The van der Waals surface area contributed by atoms with Crippen molar-refractivity contribution in [2.75, 3.05) is 0 Å². The molecule has 19 heavy (non-hydrogen) atoms. The molecule has 1 aromatic heterocycles. The van der Waals surface area contributed by atoms with Crippen LogP contribution >= 0.6 is 15.9 Å². The molecule has 0 saturated carbocycles. The van der Waals surface area contributed by atoms with E-state index in [1.54, 1.807) is 0 Å². The Morgan fingerprint density at radius 2 is 1.79 bits per heavy atom. The van der Waals surface area contributed by atoms with Gasteiger partial charge in [0.25, 0.3) is 5.56 Å². The molecule has 0 fully saturated rings. The highest BCUT2D eigenvalue weighted by Crippen LogP contribution is 2.18. The van der Waals surface area contributed by atoms with E-state index in [-0.39, 0.29) is 5.56 Å². The van der Waals surface area contributed by atoms with Gasteiger partial charge in [-0.15, -0.1) is 0 Å². The molecule has 0 atom stereocenters. The van der Waals surface area contributed by atoms with Gasteiger partial charge in [-0.1, -0.05) is 46.3 Å². The van der Waals surface area contributed by atoms with Gasteiger partial charge >= 0.3 is 0 Å². The standard InChI is InChI=1S/C16H12BrNO/c17-14-6-7-15-12(10-14)9-13(16(19)18-15)8-11-4-2-1-3-5-11/h1-7,9-10H,8H2,(H,18,19). The monoisotopic (exact) mass is 313 g/mol. The minimum Gasteiger partial charge on any atom is -0.322 e. The van der Waals surface area contributed by atoms with Crippen molar-refractivity contribution in [2.24, 2.45) is 0 Å². The summed E-state index contributed by atoms with van der Waals surface area (Å²) in [4.78, 5) is 15.0. The summed E-state index contributed by atoms with van der Waals surface area (Å²) < 4.78 is 1.01. The minimum atomic E-state index is -0.0151. The van der Waals surface area contributed by atoms with Crippen LogP contribution in [0.3, 0.4) is 0 Å². The normalized spacial score (nSPS) is 10.8. The van der Waals surface area contributed by atoms with Crippen molar-refractivity contribution >= 4 is 26.8 Å². The molecular formula is C16H12BrNO. The highest BCUT2D eigenvalue weighted by Gasteiger charge is 2.04. The second-order valence-corrected chi connectivity index (χ2v) is 5.43. The summed E-state index contributed by atoms with van der Waals surface area (Å²) >= 11 is 3.45. The van der Waals surface area contributed by atoms with Crippen molar-refractivity contribution in [3.05, 3.63) is 80.6 Å². The van der Waals surface area contributed by atoms with Gasteiger partial charge in [-0.2, -0.15) is 0 Å². The smallest absolute Gasteiger partial charge is 0.251 e. The zero-order valence-corrected chi connectivity index (χ0v) is 11.8. The van der Waals surface area contributed by atoms with Crippen LogP contribution in [0.25, 0.3) is 10.9 Å². The molecule has 0 saturated heterocycles. The molecule has 0 radical (unpaired) electrons. The summed E-state index contributed by atoms with van der Waals surface area (Å²) in [6.07, 6.45) is 0.651. The molecule has 0 aliphatic rings. The maximum absolute atomic E-state index is 12.1. The molecule has 3 heteroatoms. The van der Waals surface area contributed by atoms with Crippen LogP contribution in [0.2, 0.25) is 0 Å². The van der Waals surface area contributed by atoms with E-state index < -0.39 is 0 Å². The average Bonchev–Trinajstić information content (AvgIpc) is 2.41. The Morgan fingerprint density at radius 3 is 2.58 bits per heavy atom. The molecule has 0 aliphatic carbocycles. The van der Waals surface area contributed by atoms with Crippen molar-refractivity contribution in [3.63, 3.8) is 0 Å². The Bertz CT molecular complexity index is 778. The zero-order chi connectivity index (χ0) is 13.2. The van der Waals surface area contributed by atoms with Crippen LogP contribution in [-0.2, 0) is 6.42 Å². The Hall–Kier alpha value is -1.87. The van der Waals surface area contributed by atoms with E-state index >= 15 is 0 Å². The Balaban J connectivity index is 2.08. The molecule has 2 aromatic carbocycles. The van der Waals surface area contributed by atoms with Gasteiger partial charge < -0.3 is 4.98 Å². The van der Waals surface area contributed by atoms with Crippen molar-refractivity contribution in [1.29, 1.82) is 0 Å². The number of hydrogen-bond donors (Lipinski definition) is 1. The zero-order valence-electron chi connectivity index (χ0n) is 10.2. The number of H-pyrrole nitrogens is 1. The molecule has 3 aromatic rings. The fourth-order valence-corrected chi connectivity index (χ4v) is 2.55. The van der Waals surface area contributed by atoms with Crippen molar-refractivity contribution < 1.29 is 0 Å². The number of nitrogens with one attached hydrogen (secondary N) is 1. The Kier molecular flexibility index (Phi) is 3.22. The van der Waals surface area contributed by atoms with Gasteiger partial charge in [0.15, 0.2) is 0 Å². The Labute approximate surface area is 119 Å². The van der Waals surface area contributed by atoms with Crippen LogP contribution < -0.4 is 5.56 Å². The summed E-state index contributed by atoms with van der Waals surface area (Å²) in [6.45, 7) is 0. The minimum absolute atomic E-state index is 0.0151. The van der Waals surface area contributed by atoms with Gasteiger partial charge in [-0.05, 0) is 35.2 Å². The van der Waals surface area contributed by atoms with Crippen LogP contribution in [0, 0.1) is 0 Å². The molecule has 1 heterocycles. The molecule has 2 nitrogen and oxygen atoms in total. The number of aromatic amines is 1. The number of aromatic nitrogens is 1. The van der Waals surface area contributed by atoms with E-state index in [1.165, 1.54) is 0 Å². The predicted octanol–water partition coefficient (Wildman–Crippen LogP) is 3.88. The van der Waals surface area contributed by atoms with E-state index in [4.69, 9.17) is 0 Å². The summed E-state index contributed by atoms with van der Waals surface area (Å²) in [5, 5.41) is 1.04. The molecule has 3 rings (SSSR count). The third-order valence-corrected chi connectivity index (χ3v) is 3.61. The quantitative estimate of drug-likeness (QED) is 0.765. The molecule has 0 aliphatic heterocycles. The van der Waals surface area contributed by atoms with Crippen LogP contribution in [0.1, 0.15) is 11.1 Å². The maximum Gasteiger partial charge on any atom is 0.251 e. The number of fused-ring (bicyclic) bond motifs is 1. The lowest BCUT2D eigenvalue weighted by Gasteiger charge is -2.04. The number of pyridine rings is 1. The van der Waals surface area contributed by atoms with Gasteiger partial charge in [0.05, 0.1) is 0 Å². The van der Waals surface area contributed by atoms with Crippen molar-refractivity contribution in [1.82, 2.24) is 4.98 Å². The summed E-state index contributed by atoms with van der Waals surface area (Å²) in [5.74, 6) is 0. The largest absolute Gasteiger partial charge is 0.322 e. The van der Waals surface area contributed by atoms with E-state index in [1.807, 2.05) is 54.6 Å². The first kappa shape index (κ1) is 12.2. The molecule has 0 unspecified atom stereocenters. The topological polar surface area (TPSA) is 32.9 Å². The van der Waals surface area contributed by atoms with Crippen molar-refractivity contribution in [2.45, 2.75) is 6.42 Å². The maximum atomic E-state index is 12.1. The number of halogens is 1. The number of rotatable bonds is 2. The fraction of sp³-hybridized carbons (Fsp3) is 0.0625. The third kappa shape index (κ3) is 2.61. The van der Waals surface area contributed by atoms with Crippen LogP contribution in [0.5, 0.6) is 0 Å². The van der Waals surface area contributed by atoms with Crippen LogP contribution in [0.4, 0.5) is 0 Å². The first-order valence-corrected chi connectivity index (χ1v) is 6.87. The second-order valence-electron chi connectivity index (χ2n) is 4.52. The molecular weight excluding hydrogens is 302 g/mol. The molecule has 0 spiro atoms. The summed E-state index contributed by atoms with van der Waals surface area (Å²) in [6, 6.07) is 17.8. The summed E-state index contributed by atoms with van der Waals surface area (Å²) in [5.41, 5.74) is 2.78. The second kappa shape index (κ2) is 5.02. The Morgan fingerprint density at radius 1 is 1.00 bits per heavy atom. The van der Waals surface area contributed by atoms with Gasteiger partial charge in [-0.25, -0.2) is 0 Å². The lowest BCUT2D eigenvalue weighted by atomic mass is 10.0. The summed E-state index contributed by atoms with van der Waals surface area (Å²) in [7, 11) is 0.